The Morgan fingerprint density at radius 1 is 1.14 bits per heavy atom. The molecule has 0 aliphatic carbocycles. The first-order valence-electron chi connectivity index (χ1n) is 9.07. The van der Waals surface area contributed by atoms with E-state index in [9.17, 15) is 4.79 Å². The van der Waals surface area contributed by atoms with E-state index >= 15 is 0 Å². The van der Waals surface area contributed by atoms with Crippen LogP contribution in [0.25, 0.3) is 11.3 Å². The molecule has 1 saturated heterocycles. The molecule has 1 fully saturated rings. The van der Waals surface area contributed by atoms with Crippen molar-refractivity contribution in [3.05, 3.63) is 53.2 Å². The summed E-state index contributed by atoms with van der Waals surface area (Å²) in [6.07, 6.45) is 6.39. The molecule has 3 heterocycles. The molecule has 10 heteroatoms. The van der Waals surface area contributed by atoms with E-state index in [-0.39, 0.29) is 18.1 Å². The van der Waals surface area contributed by atoms with Crippen LogP contribution in [-0.2, 0) is 6.54 Å². The second-order valence-corrected chi connectivity index (χ2v) is 6.99. The van der Waals surface area contributed by atoms with Crippen molar-refractivity contribution in [2.75, 3.05) is 13.1 Å². The third-order valence-electron chi connectivity index (χ3n) is 4.52. The smallest absolute Gasteiger partial charge is 0.283 e. The maximum atomic E-state index is 12.8. The van der Waals surface area contributed by atoms with E-state index in [1.807, 2.05) is 17.1 Å². The average molecular weight is 399 g/mol. The summed E-state index contributed by atoms with van der Waals surface area (Å²) in [4.78, 5) is 21.9. The summed E-state index contributed by atoms with van der Waals surface area (Å²) in [5.41, 5.74) is 5.20. The Kier molecular flexibility index (Phi) is 5.54. The van der Waals surface area contributed by atoms with Crippen molar-refractivity contribution in [3.63, 3.8) is 0 Å². The van der Waals surface area contributed by atoms with E-state index in [2.05, 4.69) is 30.9 Å². The number of piperidine rings is 1. The van der Waals surface area contributed by atoms with Gasteiger partial charge in [0.25, 0.3) is 5.91 Å². The maximum Gasteiger partial charge on any atom is 0.286 e. The van der Waals surface area contributed by atoms with E-state index in [1.54, 1.807) is 18.3 Å². The Balaban J connectivity index is 1.64. The van der Waals surface area contributed by atoms with Crippen LogP contribution in [0.3, 0.4) is 0 Å². The number of hydrogen-bond donors (Lipinski definition) is 1. The van der Waals surface area contributed by atoms with Crippen LogP contribution < -0.4 is 5.43 Å². The van der Waals surface area contributed by atoms with Crippen molar-refractivity contribution in [1.82, 2.24) is 40.6 Å². The van der Waals surface area contributed by atoms with E-state index in [1.165, 1.54) is 17.4 Å². The molecule has 2 aromatic heterocycles. The number of amides is 1. The first-order valence-corrected chi connectivity index (χ1v) is 9.45. The lowest BCUT2D eigenvalue weighted by Crippen LogP contribution is -2.45. The Labute approximate surface area is 166 Å². The van der Waals surface area contributed by atoms with Crippen molar-refractivity contribution in [1.29, 1.82) is 0 Å². The van der Waals surface area contributed by atoms with Crippen molar-refractivity contribution in [3.8, 4) is 11.3 Å². The summed E-state index contributed by atoms with van der Waals surface area (Å²) in [7, 11) is 0. The average Bonchev–Trinajstić information content (AvgIpc) is 3.22. The fraction of sp³-hybridized carbons (Fsp3) is 0.333. The van der Waals surface area contributed by atoms with Crippen molar-refractivity contribution >= 4 is 17.5 Å². The predicted molar refractivity (Wildman–Crippen MR) is 102 cm³/mol. The molecule has 1 aliphatic rings. The highest BCUT2D eigenvalue weighted by Gasteiger charge is 2.20. The van der Waals surface area contributed by atoms with Gasteiger partial charge in [-0.1, -0.05) is 30.2 Å². The zero-order valence-electron chi connectivity index (χ0n) is 15.1. The molecule has 0 atom stereocenters. The zero-order chi connectivity index (χ0) is 19.3. The van der Waals surface area contributed by atoms with Gasteiger partial charge >= 0.3 is 0 Å². The summed E-state index contributed by atoms with van der Waals surface area (Å²) in [6.45, 7) is 1.92. The molecule has 0 bridgehead atoms. The van der Waals surface area contributed by atoms with Crippen LogP contribution in [0.1, 0.15) is 35.4 Å². The van der Waals surface area contributed by atoms with Crippen molar-refractivity contribution in [2.24, 2.45) is 0 Å². The molecule has 3 aromatic rings. The topological polar surface area (TPSA) is 102 Å². The number of nitrogens with zero attached hydrogens (tertiary/aromatic N) is 7. The van der Waals surface area contributed by atoms with Gasteiger partial charge in [-0.25, -0.2) is 19.7 Å². The lowest BCUT2D eigenvalue weighted by atomic mass is 10.1. The van der Waals surface area contributed by atoms with Gasteiger partial charge < -0.3 is 0 Å². The third kappa shape index (κ3) is 4.32. The van der Waals surface area contributed by atoms with Crippen molar-refractivity contribution in [2.45, 2.75) is 25.8 Å². The molecule has 0 spiro atoms. The van der Waals surface area contributed by atoms with Crippen LogP contribution >= 0.6 is 11.6 Å². The number of carbonyl (C=O) groups excluding carboxylic acids is 1. The van der Waals surface area contributed by atoms with E-state index in [0.29, 0.717) is 16.4 Å². The van der Waals surface area contributed by atoms with Gasteiger partial charge in [-0.2, -0.15) is 0 Å². The minimum Gasteiger partial charge on any atom is -0.283 e. The Hall–Kier alpha value is -2.91. The number of tetrazole rings is 1. The summed E-state index contributed by atoms with van der Waals surface area (Å²) in [5, 5.41) is 13.7. The standard InChI is InChI=1S/C18H19ClN8O/c19-14-6-4-13(5-7-14)15-10-20-17(16(22-15)11-27-12-21-24-25-27)18(28)23-26-8-2-1-3-9-26/h4-7,10,12H,1-3,8-9,11H2,(H,23,28). The highest BCUT2D eigenvalue weighted by atomic mass is 35.5. The molecular weight excluding hydrogens is 380 g/mol. The second-order valence-electron chi connectivity index (χ2n) is 6.55. The Bertz CT molecular complexity index is 939. The maximum absolute atomic E-state index is 12.8. The molecule has 0 saturated carbocycles. The molecule has 1 aromatic carbocycles. The number of nitrogens with one attached hydrogen (secondary N) is 1. The number of hydrazine groups is 1. The number of benzene rings is 1. The Morgan fingerprint density at radius 2 is 1.93 bits per heavy atom. The molecule has 4 rings (SSSR count). The molecule has 9 nitrogen and oxygen atoms in total. The molecule has 1 aliphatic heterocycles. The monoisotopic (exact) mass is 398 g/mol. The minimum absolute atomic E-state index is 0.240. The molecule has 0 radical (unpaired) electrons. The molecule has 1 amide bonds. The number of rotatable bonds is 5. The molecule has 144 valence electrons. The zero-order valence-corrected chi connectivity index (χ0v) is 15.9. The van der Waals surface area contributed by atoms with Gasteiger partial charge in [0.05, 0.1) is 24.1 Å². The van der Waals surface area contributed by atoms with Crippen LogP contribution in [0.5, 0.6) is 0 Å². The van der Waals surface area contributed by atoms with Gasteiger partial charge in [-0.3, -0.25) is 10.2 Å². The highest BCUT2D eigenvalue weighted by Crippen LogP contribution is 2.20. The predicted octanol–water partition coefficient (Wildman–Crippen LogP) is 1.96. The van der Waals surface area contributed by atoms with Crippen LogP contribution in [0.4, 0.5) is 0 Å². The largest absolute Gasteiger partial charge is 0.286 e. The summed E-state index contributed by atoms with van der Waals surface area (Å²) in [6, 6.07) is 7.30. The van der Waals surface area contributed by atoms with Crippen LogP contribution in [0.15, 0.2) is 36.8 Å². The lowest BCUT2D eigenvalue weighted by molar-refractivity contribution is 0.0743. The van der Waals surface area contributed by atoms with E-state index < -0.39 is 0 Å². The van der Waals surface area contributed by atoms with Gasteiger partial charge in [0.15, 0.2) is 5.69 Å². The number of carbonyl (C=O) groups is 1. The van der Waals surface area contributed by atoms with Crippen LogP contribution in [-0.4, -0.2) is 54.2 Å². The van der Waals surface area contributed by atoms with Crippen molar-refractivity contribution < 1.29 is 4.79 Å². The second kappa shape index (κ2) is 8.41. The first-order chi connectivity index (χ1) is 13.7. The van der Waals surface area contributed by atoms with Gasteiger partial charge in [0.1, 0.15) is 6.33 Å². The van der Waals surface area contributed by atoms with Gasteiger partial charge in [-0.15, -0.1) is 5.10 Å². The number of halogens is 1. The summed E-state index contributed by atoms with van der Waals surface area (Å²) >= 11 is 5.97. The lowest BCUT2D eigenvalue weighted by Gasteiger charge is -2.26. The van der Waals surface area contributed by atoms with E-state index in [4.69, 9.17) is 11.6 Å². The summed E-state index contributed by atoms with van der Waals surface area (Å²) in [5.74, 6) is -0.278. The number of hydrogen-bond acceptors (Lipinski definition) is 7. The highest BCUT2D eigenvalue weighted by molar-refractivity contribution is 6.30. The molecule has 28 heavy (non-hydrogen) atoms. The van der Waals surface area contributed by atoms with Gasteiger partial charge in [0, 0.05) is 23.7 Å². The first kappa shape index (κ1) is 18.5. The third-order valence-corrected chi connectivity index (χ3v) is 4.77. The SMILES string of the molecule is O=C(NN1CCCCC1)c1ncc(-c2ccc(Cl)cc2)nc1Cn1cnnn1. The molecule has 1 N–H and O–H groups in total. The molecular formula is C18H19ClN8O. The fourth-order valence-electron chi connectivity index (χ4n) is 3.10. The van der Waals surface area contributed by atoms with Crippen LogP contribution in [0.2, 0.25) is 5.02 Å². The van der Waals surface area contributed by atoms with Crippen LogP contribution in [0, 0.1) is 0 Å². The van der Waals surface area contributed by atoms with Gasteiger partial charge in [0.2, 0.25) is 0 Å². The number of aromatic nitrogens is 6. The minimum atomic E-state index is -0.278. The fourth-order valence-corrected chi connectivity index (χ4v) is 3.22. The normalized spacial score (nSPS) is 14.8. The Morgan fingerprint density at radius 3 is 2.64 bits per heavy atom. The van der Waals surface area contributed by atoms with Gasteiger partial charge in [-0.05, 0) is 35.4 Å². The summed E-state index contributed by atoms with van der Waals surface area (Å²) < 4.78 is 1.51. The molecule has 0 unspecified atom stereocenters. The quantitative estimate of drug-likeness (QED) is 0.700. The van der Waals surface area contributed by atoms with E-state index in [0.717, 1.165) is 31.5 Å².